The Morgan fingerprint density at radius 3 is 2.76 bits per heavy atom. The Morgan fingerprint density at radius 2 is 2.14 bits per heavy atom. The fraction of sp³-hybridized carbons (Fsp3) is 0.688. The van der Waals surface area contributed by atoms with E-state index in [0.29, 0.717) is 12.0 Å². The maximum absolute atomic E-state index is 6.32. The zero-order valence-electron chi connectivity index (χ0n) is 13.6. The maximum atomic E-state index is 6.32. The minimum Gasteiger partial charge on any atom is -0.370 e. The number of nitrogens with one attached hydrogen (secondary N) is 1. The van der Waals surface area contributed by atoms with Crippen LogP contribution in [0.5, 0.6) is 0 Å². The lowest BCUT2D eigenvalue weighted by Gasteiger charge is -2.22. The van der Waals surface area contributed by atoms with Crippen LogP contribution >= 0.6 is 11.6 Å². The molecule has 1 aromatic heterocycles. The molecule has 21 heavy (non-hydrogen) atoms. The third-order valence-corrected chi connectivity index (χ3v) is 4.50. The lowest BCUT2D eigenvalue weighted by molar-refractivity contribution is 0.249. The molecule has 0 aromatic carbocycles. The van der Waals surface area contributed by atoms with E-state index in [1.165, 1.54) is 0 Å². The summed E-state index contributed by atoms with van der Waals surface area (Å²) in [5.41, 5.74) is 0.976. The van der Waals surface area contributed by atoms with E-state index < -0.39 is 0 Å². The second-order valence-corrected chi connectivity index (χ2v) is 6.66. The molecule has 1 aromatic rings. The summed E-state index contributed by atoms with van der Waals surface area (Å²) in [6.07, 6.45) is 1.09. The first-order valence-electron chi connectivity index (χ1n) is 7.79. The van der Waals surface area contributed by atoms with Crippen molar-refractivity contribution in [1.82, 2.24) is 14.8 Å². The number of rotatable bonds is 6. The number of pyridine rings is 1. The van der Waals surface area contributed by atoms with Gasteiger partial charge < -0.3 is 10.2 Å². The van der Waals surface area contributed by atoms with Crippen LogP contribution in [0.3, 0.4) is 0 Å². The number of likely N-dealkylation sites (N-methyl/N-ethyl adjacent to an activating group) is 1. The van der Waals surface area contributed by atoms with Crippen molar-refractivity contribution in [2.45, 2.75) is 32.9 Å². The zero-order valence-corrected chi connectivity index (χ0v) is 14.3. The van der Waals surface area contributed by atoms with Gasteiger partial charge in [0.1, 0.15) is 5.82 Å². The second kappa shape index (κ2) is 7.43. The van der Waals surface area contributed by atoms with E-state index in [2.05, 4.69) is 48.0 Å². The van der Waals surface area contributed by atoms with E-state index in [4.69, 9.17) is 11.6 Å². The molecule has 5 heteroatoms. The zero-order chi connectivity index (χ0) is 15.4. The minimum absolute atomic E-state index is 0.616. The van der Waals surface area contributed by atoms with Gasteiger partial charge in [0, 0.05) is 32.2 Å². The first kappa shape index (κ1) is 16.5. The van der Waals surface area contributed by atoms with Crippen LogP contribution < -0.4 is 5.32 Å². The number of hydrogen-bond acceptors (Lipinski definition) is 4. The summed E-state index contributed by atoms with van der Waals surface area (Å²) in [6, 6.07) is 4.52. The van der Waals surface area contributed by atoms with Crippen molar-refractivity contribution < 1.29 is 0 Å². The van der Waals surface area contributed by atoms with Gasteiger partial charge in [-0.15, -0.1) is 0 Å². The molecule has 0 bridgehead atoms. The molecular formula is C16H27ClN4. The lowest BCUT2D eigenvalue weighted by atomic mass is 10.1. The van der Waals surface area contributed by atoms with Crippen molar-refractivity contribution in [3.63, 3.8) is 0 Å². The number of halogens is 1. The molecule has 2 unspecified atom stereocenters. The summed E-state index contributed by atoms with van der Waals surface area (Å²) in [7, 11) is 4.32. The van der Waals surface area contributed by atoms with Crippen LogP contribution in [-0.4, -0.2) is 54.6 Å². The third-order valence-electron chi connectivity index (χ3n) is 4.16. The highest BCUT2D eigenvalue weighted by Gasteiger charge is 2.31. The molecule has 0 spiro atoms. The van der Waals surface area contributed by atoms with Crippen molar-refractivity contribution in [3.05, 3.63) is 22.8 Å². The van der Waals surface area contributed by atoms with E-state index in [9.17, 15) is 0 Å². The van der Waals surface area contributed by atoms with E-state index >= 15 is 0 Å². The Balaban J connectivity index is 2.02. The van der Waals surface area contributed by atoms with Gasteiger partial charge in [0.2, 0.25) is 0 Å². The monoisotopic (exact) mass is 310 g/mol. The molecule has 4 nitrogen and oxygen atoms in total. The molecule has 2 rings (SSSR count). The van der Waals surface area contributed by atoms with Crippen LogP contribution in [0.1, 0.15) is 26.0 Å². The molecular weight excluding hydrogens is 284 g/mol. The number of likely N-dealkylation sites (tertiary alicyclic amines) is 1. The van der Waals surface area contributed by atoms with Gasteiger partial charge >= 0.3 is 0 Å². The van der Waals surface area contributed by atoms with Gasteiger partial charge in [-0.2, -0.15) is 0 Å². The van der Waals surface area contributed by atoms with E-state index in [-0.39, 0.29) is 0 Å². The summed E-state index contributed by atoms with van der Waals surface area (Å²) in [6.45, 7) is 8.43. The van der Waals surface area contributed by atoms with Crippen LogP contribution in [0.25, 0.3) is 0 Å². The number of hydrogen-bond donors (Lipinski definition) is 1. The SMILES string of the molecule is CCCNc1ccc(Cl)c(CN2CC(C)C(N(C)C)C2)n1. The lowest BCUT2D eigenvalue weighted by Crippen LogP contribution is -2.34. The number of nitrogens with zero attached hydrogens (tertiary/aromatic N) is 3. The molecule has 0 amide bonds. The Bertz CT molecular complexity index is 464. The molecule has 0 saturated carbocycles. The summed E-state index contributed by atoms with van der Waals surface area (Å²) in [4.78, 5) is 9.44. The van der Waals surface area contributed by atoms with Gasteiger partial charge in [-0.25, -0.2) is 4.98 Å². The highest BCUT2D eigenvalue weighted by molar-refractivity contribution is 6.31. The fourth-order valence-electron chi connectivity index (χ4n) is 3.01. The maximum Gasteiger partial charge on any atom is 0.126 e. The van der Waals surface area contributed by atoms with Crippen LogP contribution in [0.2, 0.25) is 5.02 Å². The molecule has 1 fully saturated rings. The molecule has 1 aliphatic rings. The van der Waals surface area contributed by atoms with Gasteiger partial charge in [0.25, 0.3) is 0 Å². The van der Waals surface area contributed by atoms with Crippen LogP contribution in [-0.2, 0) is 6.54 Å². The van der Waals surface area contributed by atoms with Gasteiger partial charge in [-0.1, -0.05) is 25.4 Å². The molecule has 118 valence electrons. The quantitative estimate of drug-likeness (QED) is 0.875. The van der Waals surface area contributed by atoms with Crippen LogP contribution in [0.4, 0.5) is 5.82 Å². The summed E-state index contributed by atoms with van der Waals surface area (Å²) >= 11 is 6.32. The van der Waals surface area contributed by atoms with E-state index in [1.807, 2.05) is 12.1 Å². The average molecular weight is 311 g/mol. The predicted octanol–water partition coefficient (Wildman–Crippen LogP) is 2.94. The second-order valence-electron chi connectivity index (χ2n) is 6.25. The van der Waals surface area contributed by atoms with Crippen molar-refractivity contribution in [1.29, 1.82) is 0 Å². The molecule has 1 N–H and O–H groups in total. The van der Waals surface area contributed by atoms with Crippen molar-refractivity contribution in [2.24, 2.45) is 5.92 Å². The van der Waals surface area contributed by atoms with Gasteiger partial charge in [-0.3, -0.25) is 4.90 Å². The molecule has 0 aliphatic carbocycles. The molecule has 1 saturated heterocycles. The van der Waals surface area contributed by atoms with Crippen LogP contribution in [0, 0.1) is 5.92 Å². The van der Waals surface area contributed by atoms with Crippen LogP contribution in [0.15, 0.2) is 12.1 Å². The molecule has 1 aliphatic heterocycles. The summed E-state index contributed by atoms with van der Waals surface area (Å²) in [5.74, 6) is 1.60. The predicted molar refractivity (Wildman–Crippen MR) is 89.9 cm³/mol. The smallest absolute Gasteiger partial charge is 0.126 e. The number of anilines is 1. The van der Waals surface area contributed by atoms with Crippen molar-refractivity contribution in [2.75, 3.05) is 39.0 Å². The Labute approximate surface area is 133 Å². The summed E-state index contributed by atoms with van der Waals surface area (Å²) in [5, 5.41) is 4.09. The first-order chi connectivity index (χ1) is 10.0. The standard InChI is InChI=1S/C16H27ClN4/c1-5-8-18-16-7-6-13(17)14(19-16)10-21-9-12(2)15(11-21)20(3)4/h6-7,12,15H,5,8-11H2,1-4H3,(H,18,19). The van der Waals surface area contributed by atoms with E-state index in [0.717, 1.165) is 49.1 Å². The van der Waals surface area contributed by atoms with Gasteiger partial charge in [0.05, 0.1) is 10.7 Å². The molecule has 2 atom stereocenters. The Hall–Kier alpha value is -0.840. The fourth-order valence-corrected chi connectivity index (χ4v) is 3.17. The Kier molecular flexibility index (Phi) is 5.85. The number of aromatic nitrogens is 1. The third kappa shape index (κ3) is 4.31. The highest BCUT2D eigenvalue weighted by atomic mass is 35.5. The van der Waals surface area contributed by atoms with Crippen molar-refractivity contribution in [3.8, 4) is 0 Å². The van der Waals surface area contributed by atoms with E-state index in [1.54, 1.807) is 0 Å². The highest BCUT2D eigenvalue weighted by Crippen LogP contribution is 2.24. The molecule has 2 heterocycles. The van der Waals surface area contributed by atoms with Crippen molar-refractivity contribution >= 4 is 17.4 Å². The summed E-state index contributed by atoms with van der Waals surface area (Å²) < 4.78 is 0. The first-order valence-corrected chi connectivity index (χ1v) is 8.17. The van der Waals surface area contributed by atoms with Gasteiger partial charge in [0.15, 0.2) is 0 Å². The topological polar surface area (TPSA) is 31.4 Å². The average Bonchev–Trinajstić information content (AvgIpc) is 2.80. The normalized spacial score (nSPS) is 23.0. The van der Waals surface area contributed by atoms with Gasteiger partial charge in [-0.05, 0) is 38.6 Å². The minimum atomic E-state index is 0.616. The Morgan fingerprint density at radius 1 is 1.38 bits per heavy atom. The largest absolute Gasteiger partial charge is 0.370 e. The molecule has 0 radical (unpaired) electrons.